The fourth-order valence-corrected chi connectivity index (χ4v) is 6.08. The molecular formula is C22H24N2O3S. The fourth-order valence-electron chi connectivity index (χ4n) is 5.00. The van der Waals surface area contributed by atoms with E-state index >= 15 is 0 Å². The van der Waals surface area contributed by atoms with Crippen molar-refractivity contribution in [3.05, 3.63) is 56.9 Å². The highest BCUT2D eigenvalue weighted by molar-refractivity contribution is 8.19. The average Bonchev–Trinajstić information content (AvgIpc) is 3.28. The zero-order valence-corrected chi connectivity index (χ0v) is 16.8. The number of allylic oxidation sites excluding steroid dienone is 7. The van der Waals surface area contributed by atoms with Crippen molar-refractivity contribution >= 4 is 22.8 Å². The largest absolute Gasteiger partial charge is 0.474 e. The molecule has 146 valence electrons. The van der Waals surface area contributed by atoms with Crippen LogP contribution >= 0.6 is 11.8 Å². The maximum Gasteiger partial charge on any atom is 0.363 e. The highest BCUT2D eigenvalue weighted by Gasteiger charge is 2.43. The third kappa shape index (κ3) is 2.69. The molecule has 0 bridgehead atoms. The van der Waals surface area contributed by atoms with Gasteiger partial charge in [-0.1, -0.05) is 49.3 Å². The molecule has 1 saturated carbocycles. The molecule has 5 rings (SSSR count). The number of nitrogens with two attached hydrogens (primary N) is 1. The zero-order valence-electron chi connectivity index (χ0n) is 16.0. The van der Waals surface area contributed by atoms with Crippen LogP contribution in [-0.4, -0.2) is 31.3 Å². The van der Waals surface area contributed by atoms with Gasteiger partial charge < -0.3 is 15.2 Å². The zero-order chi connectivity index (χ0) is 19.3. The molecule has 0 aromatic carbocycles. The fraction of sp³-hybridized carbons (Fsp3) is 0.455. The Kier molecular flexibility index (Phi) is 4.46. The van der Waals surface area contributed by atoms with Crippen LogP contribution in [0.2, 0.25) is 0 Å². The van der Waals surface area contributed by atoms with E-state index in [0.717, 1.165) is 16.1 Å². The molecule has 0 saturated heterocycles. The van der Waals surface area contributed by atoms with Gasteiger partial charge in [-0.2, -0.15) is 0 Å². The predicted octanol–water partition coefficient (Wildman–Crippen LogP) is 3.76. The van der Waals surface area contributed by atoms with Crippen molar-refractivity contribution in [2.75, 3.05) is 20.3 Å². The van der Waals surface area contributed by atoms with Gasteiger partial charge in [0.1, 0.15) is 6.61 Å². The number of thioether (sulfide) groups is 1. The Bertz CT molecular complexity index is 929. The minimum absolute atomic E-state index is 0.166. The number of methoxy groups -OCH3 is 1. The molecule has 1 fully saturated rings. The van der Waals surface area contributed by atoms with E-state index in [1.165, 1.54) is 67.7 Å². The van der Waals surface area contributed by atoms with E-state index in [-0.39, 0.29) is 11.9 Å². The van der Waals surface area contributed by atoms with Gasteiger partial charge in [-0.3, -0.25) is 4.99 Å². The quantitative estimate of drug-likeness (QED) is 0.720. The standard InChI is InChI=1S/C22H24N2O3S/c1-26-22(25)21-24-10-13-11-27-20(23)17-15-9-5-8-14(15)16(18(17)19(13)28-21)12-6-3-2-4-7-12/h5,8-9,12,15H,2-4,6-7,10-11,23H2,1H3. The lowest BCUT2D eigenvalue weighted by Gasteiger charge is -2.26. The first-order valence-electron chi connectivity index (χ1n) is 9.97. The van der Waals surface area contributed by atoms with Crippen molar-refractivity contribution in [3.63, 3.8) is 0 Å². The number of hydrogen-bond acceptors (Lipinski definition) is 6. The molecule has 6 heteroatoms. The molecule has 28 heavy (non-hydrogen) atoms. The van der Waals surface area contributed by atoms with Crippen LogP contribution in [0.3, 0.4) is 0 Å². The Balaban J connectivity index is 1.67. The normalized spacial score (nSPS) is 27.0. The van der Waals surface area contributed by atoms with E-state index in [2.05, 4.69) is 23.2 Å². The number of nitrogens with zero attached hydrogens (tertiary/aromatic N) is 1. The van der Waals surface area contributed by atoms with Crippen molar-refractivity contribution in [2.24, 2.45) is 22.6 Å². The van der Waals surface area contributed by atoms with Crippen molar-refractivity contribution in [2.45, 2.75) is 32.1 Å². The van der Waals surface area contributed by atoms with Gasteiger partial charge in [0.05, 0.1) is 13.7 Å². The molecule has 1 atom stereocenters. The van der Waals surface area contributed by atoms with Crippen molar-refractivity contribution in [1.82, 2.24) is 0 Å². The highest BCUT2D eigenvalue weighted by Crippen LogP contribution is 2.56. The Hall–Kier alpha value is -2.21. The number of esters is 1. The van der Waals surface area contributed by atoms with E-state index in [9.17, 15) is 4.79 Å². The number of hydrogen-bond donors (Lipinski definition) is 1. The number of carbonyl (C=O) groups excluding carboxylic acids is 1. The van der Waals surface area contributed by atoms with E-state index in [4.69, 9.17) is 15.2 Å². The topological polar surface area (TPSA) is 73.9 Å². The van der Waals surface area contributed by atoms with Crippen molar-refractivity contribution in [1.29, 1.82) is 0 Å². The molecular weight excluding hydrogens is 372 g/mol. The molecule has 5 nitrogen and oxygen atoms in total. The van der Waals surface area contributed by atoms with Crippen LogP contribution in [0.15, 0.2) is 61.9 Å². The minimum atomic E-state index is -0.377. The predicted molar refractivity (Wildman–Crippen MR) is 110 cm³/mol. The van der Waals surface area contributed by atoms with Crippen molar-refractivity contribution < 1.29 is 14.3 Å². The molecule has 1 unspecified atom stereocenters. The van der Waals surface area contributed by atoms with Gasteiger partial charge in [0.25, 0.3) is 0 Å². The lowest BCUT2D eigenvalue weighted by Crippen LogP contribution is -2.19. The van der Waals surface area contributed by atoms with Gasteiger partial charge in [0, 0.05) is 27.5 Å². The van der Waals surface area contributed by atoms with Crippen LogP contribution in [-0.2, 0) is 14.3 Å². The van der Waals surface area contributed by atoms with E-state index in [1.54, 1.807) is 0 Å². The number of carbonyl (C=O) groups is 1. The number of aliphatic imine (C=N–C) groups is 1. The molecule has 5 aliphatic rings. The van der Waals surface area contributed by atoms with Crippen molar-refractivity contribution in [3.8, 4) is 0 Å². The van der Waals surface area contributed by atoms with Crippen LogP contribution in [0.5, 0.6) is 0 Å². The summed E-state index contributed by atoms with van der Waals surface area (Å²) in [7, 11) is 1.40. The second kappa shape index (κ2) is 6.99. The van der Waals surface area contributed by atoms with Gasteiger partial charge in [-0.05, 0) is 29.9 Å². The SMILES string of the molecule is COC(=O)C1=NCC2=C(S1)C1=C(C3CCCCC3)C3=CC=CC3C1=C(N)OC2. The lowest BCUT2D eigenvalue weighted by molar-refractivity contribution is -0.132. The van der Waals surface area contributed by atoms with Gasteiger partial charge in [-0.25, -0.2) is 4.79 Å². The summed E-state index contributed by atoms with van der Waals surface area (Å²) in [6, 6.07) is 0. The summed E-state index contributed by atoms with van der Waals surface area (Å²) < 4.78 is 10.9. The van der Waals surface area contributed by atoms with Crippen LogP contribution in [0.1, 0.15) is 32.1 Å². The van der Waals surface area contributed by atoms with E-state index < -0.39 is 0 Å². The summed E-state index contributed by atoms with van der Waals surface area (Å²) in [6.45, 7) is 0.876. The molecule has 0 aromatic heterocycles. The average molecular weight is 397 g/mol. The minimum Gasteiger partial charge on any atom is -0.474 e. The Morgan fingerprint density at radius 3 is 2.89 bits per heavy atom. The number of rotatable bonds is 2. The molecule has 0 aromatic rings. The molecule has 2 N–H and O–H groups in total. The molecule has 0 radical (unpaired) electrons. The first-order valence-corrected chi connectivity index (χ1v) is 10.8. The Labute approximate surface area is 169 Å². The van der Waals surface area contributed by atoms with E-state index in [0.29, 0.717) is 30.0 Å². The monoisotopic (exact) mass is 396 g/mol. The van der Waals surface area contributed by atoms with Gasteiger partial charge in [0.15, 0.2) is 10.9 Å². The maximum absolute atomic E-state index is 12.2. The summed E-state index contributed by atoms with van der Waals surface area (Å²) in [5, 5.41) is 0.415. The van der Waals surface area contributed by atoms with Crippen LogP contribution in [0.4, 0.5) is 0 Å². The number of fused-ring (bicyclic) bond motifs is 4. The summed E-state index contributed by atoms with van der Waals surface area (Å²) in [4.78, 5) is 17.7. The second-order valence-corrected chi connectivity index (χ2v) is 8.82. The third-order valence-electron chi connectivity index (χ3n) is 6.28. The van der Waals surface area contributed by atoms with Crippen LogP contribution in [0, 0.1) is 11.8 Å². The molecule has 3 aliphatic carbocycles. The summed E-state index contributed by atoms with van der Waals surface area (Å²) in [5.41, 5.74) is 12.6. The molecule has 2 heterocycles. The van der Waals surface area contributed by atoms with Gasteiger partial charge in [-0.15, -0.1) is 0 Å². The second-order valence-electron chi connectivity index (χ2n) is 7.82. The van der Waals surface area contributed by atoms with Crippen LogP contribution in [0.25, 0.3) is 0 Å². The number of ether oxygens (including phenoxy) is 2. The van der Waals surface area contributed by atoms with Gasteiger partial charge >= 0.3 is 5.97 Å². The first kappa shape index (κ1) is 17.9. The Morgan fingerprint density at radius 1 is 1.29 bits per heavy atom. The molecule has 0 amide bonds. The highest BCUT2D eigenvalue weighted by atomic mass is 32.2. The Morgan fingerprint density at radius 2 is 2.11 bits per heavy atom. The maximum atomic E-state index is 12.2. The molecule has 2 aliphatic heterocycles. The third-order valence-corrected chi connectivity index (χ3v) is 7.46. The lowest BCUT2D eigenvalue weighted by atomic mass is 9.80. The summed E-state index contributed by atoms with van der Waals surface area (Å²) >= 11 is 1.42. The summed E-state index contributed by atoms with van der Waals surface area (Å²) in [5.74, 6) is 0.839. The smallest absolute Gasteiger partial charge is 0.363 e. The molecule has 0 spiro atoms. The van der Waals surface area contributed by atoms with E-state index in [1.807, 2.05) is 0 Å². The summed E-state index contributed by atoms with van der Waals surface area (Å²) in [6.07, 6.45) is 12.9. The first-order chi connectivity index (χ1) is 13.7. The van der Waals surface area contributed by atoms with Crippen LogP contribution < -0.4 is 5.73 Å². The van der Waals surface area contributed by atoms with Gasteiger partial charge in [0.2, 0.25) is 0 Å².